The van der Waals surface area contributed by atoms with Crippen molar-refractivity contribution in [1.82, 2.24) is 30.0 Å². The molecule has 3 aromatic carbocycles. The van der Waals surface area contributed by atoms with Gasteiger partial charge in [-0.3, -0.25) is 14.5 Å². The van der Waals surface area contributed by atoms with Crippen LogP contribution in [0.1, 0.15) is 48.1 Å². The molecule has 44 heavy (non-hydrogen) atoms. The number of hydrogen-bond donors (Lipinski definition) is 2. The van der Waals surface area contributed by atoms with Crippen LogP contribution in [-0.4, -0.2) is 66.1 Å². The lowest BCUT2D eigenvalue weighted by atomic mass is 9.89. The van der Waals surface area contributed by atoms with Gasteiger partial charge in [0.15, 0.2) is 0 Å². The first-order valence-corrected chi connectivity index (χ1v) is 14.6. The van der Waals surface area contributed by atoms with E-state index in [0.29, 0.717) is 41.5 Å². The van der Waals surface area contributed by atoms with Crippen molar-refractivity contribution in [1.29, 1.82) is 0 Å². The maximum absolute atomic E-state index is 13.9. The van der Waals surface area contributed by atoms with Crippen molar-refractivity contribution in [2.24, 2.45) is 0 Å². The second kappa shape index (κ2) is 11.9. The molecule has 0 bridgehead atoms. The number of likely N-dealkylation sites (tertiary alicyclic amines) is 1. The molecule has 3 amide bonds. The summed E-state index contributed by atoms with van der Waals surface area (Å²) in [6.45, 7) is 2.77. The molecule has 1 fully saturated rings. The number of aromatic nitrogens is 4. The van der Waals surface area contributed by atoms with E-state index in [-0.39, 0.29) is 11.8 Å². The summed E-state index contributed by atoms with van der Waals surface area (Å²) < 4.78 is 1.48. The molecule has 0 spiro atoms. The molecule has 224 valence electrons. The number of carboxylic acid groups (broad SMARTS) is 1. The van der Waals surface area contributed by atoms with Crippen molar-refractivity contribution in [3.8, 4) is 5.69 Å². The number of anilines is 1. The van der Waals surface area contributed by atoms with Gasteiger partial charge in [0.25, 0.3) is 5.91 Å². The summed E-state index contributed by atoms with van der Waals surface area (Å²) in [5.41, 5.74) is 3.84. The number of hydrogen-bond acceptors (Lipinski definition) is 6. The second-order valence-electron chi connectivity index (χ2n) is 11.1. The number of fused-ring (bicyclic) bond motifs is 1. The van der Waals surface area contributed by atoms with Crippen molar-refractivity contribution < 1.29 is 19.5 Å². The average molecular weight is 612 g/mol. The maximum Gasteiger partial charge on any atom is 0.408 e. The predicted molar refractivity (Wildman–Crippen MR) is 164 cm³/mol. The SMILES string of the molecule is CC1(c2ccc(NC(=O)[C@@H]3c4ccccc4CCN3C(=O)/C=C/c3cc(Cl)ccc3-n3cnnn3)cc2)CCCN1C(=O)O. The molecule has 1 saturated heterocycles. The largest absolute Gasteiger partial charge is 0.465 e. The van der Waals surface area contributed by atoms with Gasteiger partial charge in [-0.2, -0.15) is 4.68 Å². The molecule has 3 heterocycles. The highest BCUT2D eigenvalue weighted by molar-refractivity contribution is 6.30. The van der Waals surface area contributed by atoms with E-state index in [4.69, 9.17) is 11.6 Å². The number of carbonyl (C=O) groups is 3. The van der Waals surface area contributed by atoms with E-state index in [9.17, 15) is 19.5 Å². The number of tetrazole rings is 1. The number of carbonyl (C=O) groups excluding carboxylic acids is 2. The smallest absolute Gasteiger partial charge is 0.408 e. The summed E-state index contributed by atoms with van der Waals surface area (Å²) in [5.74, 6) is -0.677. The minimum absolute atomic E-state index is 0.333. The predicted octanol–water partition coefficient (Wildman–Crippen LogP) is 5.08. The lowest BCUT2D eigenvalue weighted by molar-refractivity contribution is -0.135. The van der Waals surface area contributed by atoms with Crippen LogP contribution < -0.4 is 5.32 Å². The van der Waals surface area contributed by atoms with Gasteiger partial charge in [0.05, 0.1) is 11.2 Å². The van der Waals surface area contributed by atoms with Crippen LogP contribution in [0.4, 0.5) is 10.5 Å². The third-order valence-corrected chi connectivity index (χ3v) is 8.69. The lowest BCUT2D eigenvalue weighted by Crippen LogP contribution is -2.44. The molecular formula is C32H30ClN7O4. The summed E-state index contributed by atoms with van der Waals surface area (Å²) in [5, 5.41) is 24.4. The van der Waals surface area contributed by atoms with E-state index in [0.717, 1.165) is 29.5 Å². The number of rotatable bonds is 6. The topological polar surface area (TPSA) is 134 Å². The van der Waals surface area contributed by atoms with Crippen LogP contribution in [0, 0.1) is 0 Å². The number of nitrogens with zero attached hydrogens (tertiary/aromatic N) is 6. The van der Waals surface area contributed by atoms with E-state index in [1.807, 2.05) is 43.3 Å². The molecule has 11 nitrogen and oxygen atoms in total. The summed E-state index contributed by atoms with van der Waals surface area (Å²) in [4.78, 5) is 42.4. The first-order valence-electron chi connectivity index (χ1n) is 14.3. The Bertz CT molecular complexity index is 1740. The fourth-order valence-corrected chi connectivity index (χ4v) is 6.36. The van der Waals surface area contributed by atoms with Gasteiger partial charge in [-0.15, -0.1) is 5.10 Å². The van der Waals surface area contributed by atoms with Gasteiger partial charge < -0.3 is 15.3 Å². The van der Waals surface area contributed by atoms with E-state index >= 15 is 0 Å². The Hall–Kier alpha value is -5.03. The molecule has 1 unspecified atom stereocenters. The van der Waals surface area contributed by atoms with Crippen LogP contribution in [0.2, 0.25) is 5.02 Å². The van der Waals surface area contributed by atoms with Crippen molar-refractivity contribution in [2.45, 2.75) is 37.8 Å². The second-order valence-corrected chi connectivity index (χ2v) is 11.5. The zero-order valence-corrected chi connectivity index (χ0v) is 24.7. The minimum atomic E-state index is -0.945. The molecule has 0 radical (unpaired) electrons. The molecule has 2 N–H and O–H groups in total. The first kappa shape index (κ1) is 29.1. The number of amides is 3. The molecule has 2 atom stereocenters. The van der Waals surface area contributed by atoms with Gasteiger partial charge in [-0.05, 0) is 89.7 Å². The molecule has 2 aliphatic heterocycles. The Morgan fingerprint density at radius 3 is 2.61 bits per heavy atom. The third-order valence-electron chi connectivity index (χ3n) is 8.45. The van der Waals surface area contributed by atoms with E-state index in [2.05, 4.69) is 20.8 Å². The zero-order chi connectivity index (χ0) is 30.8. The number of nitrogens with one attached hydrogen (secondary N) is 1. The Labute approximate surface area is 258 Å². The highest BCUT2D eigenvalue weighted by Gasteiger charge is 2.41. The van der Waals surface area contributed by atoms with E-state index in [1.165, 1.54) is 22.0 Å². The fourth-order valence-electron chi connectivity index (χ4n) is 6.18. The first-order chi connectivity index (χ1) is 21.2. The molecule has 0 saturated carbocycles. The summed E-state index contributed by atoms with van der Waals surface area (Å²) in [7, 11) is 0. The molecule has 0 aliphatic carbocycles. The van der Waals surface area contributed by atoms with Gasteiger partial charge in [0, 0.05) is 35.4 Å². The third kappa shape index (κ3) is 5.53. The van der Waals surface area contributed by atoms with Gasteiger partial charge in [-0.25, -0.2) is 4.79 Å². The average Bonchev–Trinajstić information content (AvgIpc) is 3.70. The standard InChI is InChI=1S/C32H30ClN7O4/c1-32(16-4-17-39(32)31(43)44)23-8-11-25(12-9-23)35-30(42)29-26-6-3-2-5-21(26)15-18-38(29)28(41)14-7-22-19-24(33)10-13-27(22)40-20-34-36-37-40/h2-3,5-14,19-20,29H,4,15-18H2,1H3,(H,35,42)(H,43,44)/b14-7+/t29-,32?/m0/s1. The Morgan fingerprint density at radius 1 is 1.07 bits per heavy atom. The van der Waals surface area contributed by atoms with E-state index < -0.39 is 17.7 Å². The Morgan fingerprint density at radius 2 is 1.86 bits per heavy atom. The van der Waals surface area contributed by atoms with Crippen molar-refractivity contribution in [3.63, 3.8) is 0 Å². The van der Waals surface area contributed by atoms with Gasteiger partial charge in [0.2, 0.25) is 5.91 Å². The normalized spacial score (nSPS) is 19.6. The van der Waals surface area contributed by atoms with Crippen molar-refractivity contribution in [2.75, 3.05) is 18.4 Å². The lowest BCUT2D eigenvalue weighted by Gasteiger charge is -2.36. The van der Waals surface area contributed by atoms with E-state index in [1.54, 1.807) is 41.3 Å². The molecule has 4 aromatic rings. The monoisotopic (exact) mass is 611 g/mol. The summed E-state index contributed by atoms with van der Waals surface area (Å²) in [6.07, 6.45) is 5.70. The molecule has 1 aromatic heterocycles. The highest BCUT2D eigenvalue weighted by atomic mass is 35.5. The van der Waals surface area contributed by atoms with Crippen LogP contribution in [0.5, 0.6) is 0 Å². The van der Waals surface area contributed by atoms with Crippen LogP contribution in [-0.2, 0) is 21.5 Å². The maximum atomic E-state index is 13.9. The Kier molecular flexibility index (Phi) is 7.88. The molecule has 12 heteroatoms. The van der Waals surface area contributed by atoms with Gasteiger partial charge in [0.1, 0.15) is 12.4 Å². The molecular weight excluding hydrogens is 582 g/mol. The minimum Gasteiger partial charge on any atom is -0.465 e. The Balaban J connectivity index is 1.25. The quantitative estimate of drug-likeness (QED) is 0.290. The van der Waals surface area contributed by atoms with Crippen molar-refractivity contribution >= 4 is 41.3 Å². The van der Waals surface area contributed by atoms with Crippen LogP contribution in [0.15, 0.2) is 79.1 Å². The number of halogens is 1. The zero-order valence-electron chi connectivity index (χ0n) is 23.9. The summed E-state index contributed by atoms with van der Waals surface area (Å²) >= 11 is 6.24. The molecule has 6 rings (SSSR count). The van der Waals surface area contributed by atoms with Gasteiger partial charge >= 0.3 is 6.09 Å². The van der Waals surface area contributed by atoms with Crippen LogP contribution in [0.25, 0.3) is 11.8 Å². The fraction of sp³-hybridized carbons (Fsp3) is 0.250. The number of benzene rings is 3. The van der Waals surface area contributed by atoms with Crippen LogP contribution >= 0.6 is 11.6 Å². The molecule has 2 aliphatic rings. The summed E-state index contributed by atoms with van der Waals surface area (Å²) in [6, 6.07) is 19.2. The van der Waals surface area contributed by atoms with Gasteiger partial charge in [-0.1, -0.05) is 48.0 Å². The van der Waals surface area contributed by atoms with Crippen molar-refractivity contribution in [3.05, 3.63) is 106 Å². The van der Waals surface area contributed by atoms with Crippen LogP contribution in [0.3, 0.4) is 0 Å². The highest BCUT2D eigenvalue weighted by Crippen LogP contribution is 2.39.